The van der Waals surface area contributed by atoms with Crippen LogP contribution in [0.25, 0.3) is 0 Å². The van der Waals surface area contributed by atoms with E-state index in [4.69, 9.17) is 5.73 Å². The summed E-state index contributed by atoms with van der Waals surface area (Å²) in [6, 6.07) is 6.17. The van der Waals surface area contributed by atoms with E-state index in [1.807, 2.05) is 0 Å². The summed E-state index contributed by atoms with van der Waals surface area (Å²) >= 11 is 0. The fourth-order valence-corrected chi connectivity index (χ4v) is 2.48. The Morgan fingerprint density at radius 2 is 2.00 bits per heavy atom. The van der Waals surface area contributed by atoms with E-state index in [0.717, 1.165) is 5.56 Å². The number of nitrogens with two attached hydrogens (primary N) is 1. The number of pyridine rings is 2. The highest BCUT2D eigenvalue weighted by atomic mass is 32.2. The molecule has 0 fully saturated rings. The summed E-state index contributed by atoms with van der Waals surface area (Å²) < 4.78 is 26.6. The van der Waals surface area contributed by atoms with E-state index in [9.17, 15) is 8.42 Å². The molecule has 0 unspecified atom stereocenters. The average molecular weight is 264 g/mol. The SMILES string of the molecule is Cc1cccnc1NS(=O)(=O)c1ccnc(N)c1. The first-order chi connectivity index (χ1) is 8.49. The normalized spacial score (nSPS) is 11.2. The molecule has 2 aromatic rings. The lowest BCUT2D eigenvalue weighted by Crippen LogP contribution is -2.15. The van der Waals surface area contributed by atoms with Crippen LogP contribution in [0.3, 0.4) is 0 Å². The van der Waals surface area contributed by atoms with Crippen molar-refractivity contribution >= 4 is 21.7 Å². The molecular formula is C11H12N4O2S. The standard InChI is InChI=1S/C11H12N4O2S/c1-8-3-2-5-14-11(8)15-18(16,17)9-4-6-13-10(12)7-9/h2-7H,1H3,(H2,12,13)(H,14,15). The number of aromatic nitrogens is 2. The fourth-order valence-electron chi connectivity index (χ4n) is 1.37. The van der Waals surface area contributed by atoms with Crippen LogP contribution in [0, 0.1) is 6.92 Å². The molecule has 0 bridgehead atoms. The second-order valence-corrected chi connectivity index (χ2v) is 5.37. The molecule has 0 aromatic carbocycles. The molecule has 2 aromatic heterocycles. The van der Waals surface area contributed by atoms with Crippen LogP contribution in [-0.2, 0) is 10.0 Å². The summed E-state index contributed by atoms with van der Waals surface area (Å²) in [6.07, 6.45) is 2.86. The van der Waals surface area contributed by atoms with Gasteiger partial charge in [-0.2, -0.15) is 0 Å². The van der Waals surface area contributed by atoms with Crippen molar-refractivity contribution in [3.05, 3.63) is 42.2 Å². The Morgan fingerprint density at radius 3 is 2.67 bits per heavy atom. The molecule has 0 amide bonds. The Morgan fingerprint density at radius 1 is 1.22 bits per heavy atom. The Bertz CT molecular complexity index is 670. The van der Waals surface area contributed by atoms with Gasteiger partial charge in [-0.25, -0.2) is 18.4 Å². The van der Waals surface area contributed by atoms with Gasteiger partial charge in [-0.15, -0.1) is 0 Å². The number of nitrogens with one attached hydrogen (secondary N) is 1. The third-order valence-electron chi connectivity index (χ3n) is 2.30. The number of anilines is 2. The molecule has 0 atom stereocenters. The second-order valence-electron chi connectivity index (χ2n) is 3.69. The van der Waals surface area contributed by atoms with E-state index in [2.05, 4.69) is 14.7 Å². The molecule has 2 rings (SSSR count). The van der Waals surface area contributed by atoms with Crippen LogP contribution in [0.1, 0.15) is 5.56 Å². The minimum Gasteiger partial charge on any atom is -0.384 e. The highest BCUT2D eigenvalue weighted by Gasteiger charge is 2.16. The molecule has 0 aliphatic rings. The highest BCUT2D eigenvalue weighted by molar-refractivity contribution is 7.92. The van der Waals surface area contributed by atoms with E-state index < -0.39 is 10.0 Å². The molecule has 7 heteroatoms. The lowest BCUT2D eigenvalue weighted by atomic mass is 10.3. The van der Waals surface area contributed by atoms with Crippen LogP contribution in [-0.4, -0.2) is 18.4 Å². The molecule has 18 heavy (non-hydrogen) atoms. The van der Waals surface area contributed by atoms with Crippen LogP contribution in [0.2, 0.25) is 0 Å². The quantitative estimate of drug-likeness (QED) is 0.867. The van der Waals surface area contributed by atoms with Gasteiger partial charge in [-0.05, 0) is 24.6 Å². The Kier molecular flexibility index (Phi) is 3.15. The number of hydrogen-bond acceptors (Lipinski definition) is 5. The van der Waals surface area contributed by atoms with Crippen molar-refractivity contribution in [2.24, 2.45) is 0 Å². The van der Waals surface area contributed by atoms with E-state index in [1.165, 1.54) is 24.5 Å². The van der Waals surface area contributed by atoms with Crippen LogP contribution < -0.4 is 10.5 Å². The van der Waals surface area contributed by atoms with Gasteiger partial charge in [0, 0.05) is 18.5 Å². The third-order valence-corrected chi connectivity index (χ3v) is 3.64. The number of rotatable bonds is 3. The van der Waals surface area contributed by atoms with Gasteiger partial charge in [0.2, 0.25) is 0 Å². The molecule has 3 N–H and O–H groups in total. The van der Waals surface area contributed by atoms with Gasteiger partial charge in [0.15, 0.2) is 0 Å². The number of nitrogens with zero attached hydrogens (tertiary/aromatic N) is 2. The molecule has 6 nitrogen and oxygen atoms in total. The first-order valence-corrected chi connectivity index (χ1v) is 6.63. The van der Waals surface area contributed by atoms with Gasteiger partial charge < -0.3 is 5.73 Å². The van der Waals surface area contributed by atoms with Gasteiger partial charge in [-0.1, -0.05) is 6.07 Å². The third kappa shape index (κ3) is 2.57. The molecule has 0 radical (unpaired) electrons. The smallest absolute Gasteiger partial charge is 0.263 e. The molecular weight excluding hydrogens is 252 g/mol. The first kappa shape index (κ1) is 12.3. The van der Waals surface area contributed by atoms with Crippen LogP contribution in [0.5, 0.6) is 0 Å². The summed E-state index contributed by atoms with van der Waals surface area (Å²) in [5.74, 6) is 0.448. The largest absolute Gasteiger partial charge is 0.384 e. The van der Waals surface area contributed by atoms with Gasteiger partial charge in [0.05, 0.1) is 4.90 Å². The van der Waals surface area contributed by atoms with Crippen molar-refractivity contribution in [1.82, 2.24) is 9.97 Å². The Hall–Kier alpha value is -2.15. The van der Waals surface area contributed by atoms with Crippen molar-refractivity contribution in [2.75, 3.05) is 10.5 Å². The molecule has 2 heterocycles. The predicted molar refractivity (Wildman–Crippen MR) is 68.4 cm³/mol. The van der Waals surface area contributed by atoms with Gasteiger partial charge in [0.1, 0.15) is 11.6 Å². The maximum absolute atomic E-state index is 12.1. The predicted octanol–water partition coefficient (Wildman–Crippen LogP) is 1.17. The van der Waals surface area contributed by atoms with Crippen molar-refractivity contribution in [1.29, 1.82) is 0 Å². The summed E-state index contributed by atoms with van der Waals surface area (Å²) in [7, 11) is -3.69. The summed E-state index contributed by atoms with van der Waals surface area (Å²) in [5.41, 5.74) is 6.20. The maximum atomic E-state index is 12.1. The monoisotopic (exact) mass is 264 g/mol. The topological polar surface area (TPSA) is 98.0 Å². The zero-order valence-electron chi connectivity index (χ0n) is 9.66. The fraction of sp³-hybridized carbons (Fsp3) is 0.0909. The van der Waals surface area contributed by atoms with Crippen molar-refractivity contribution < 1.29 is 8.42 Å². The minimum atomic E-state index is -3.69. The van der Waals surface area contributed by atoms with Crippen molar-refractivity contribution in [3.8, 4) is 0 Å². The van der Waals surface area contributed by atoms with E-state index >= 15 is 0 Å². The molecule has 0 saturated heterocycles. The Balaban J connectivity index is 2.37. The first-order valence-electron chi connectivity index (χ1n) is 5.15. The number of nitrogen functional groups attached to an aromatic ring is 1. The lowest BCUT2D eigenvalue weighted by molar-refractivity contribution is 0.601. The maximum Gasteiger partial charge on any atom is 0.263 e. The lowest BCUT2D eigenvalue weighted by Gasteiger charge is -2.09. The van der Waals surface area contributed by atoms with Gasteiger partial charge in [0.25, 0.3) is 10.0 Å². The van der Waals surface area contributed by atoms with E-state index in [0.29, 0.717) is 5.82 Å². The zero-order chi connectivity index (χ0) is 13.2. The molecule has 0 spiro atoms. The minimum absolute atomic E-state index is 0.0556. The summed E-state index contributed by atoms with van der Waals surface area (Å²) in [6.45, 7) is 1.77. The van der Waals surface area contributed by atoms with Gasteiger partial charge in [-0.3, -0.25) is 4.72 Å². The van der Waals surface area contributed by atoms with Crippen molar-refractivity contribution in [2.45, 2.75) is 11.8 Å². The number of aryl methyl sites for hydroxylation is 1. The van der Waals surface area contributed by atoms with E-state index in [-0.39, 0.29) is 10.7 Å². The summed E-state index contributed by atoms with van der Waals surface area (Å²) in [5, 5.41) is 0. The van der Waals surface area contributed by atoms with Gasteiger partial charge >= 0.3 is 0 Å². The average Bonchev–Trinajstić information content (AvgIpc) is 2.32. The molecule has 0 aliphatic heterocycles. The van der Waals surface area contributed by atoms with Crippen LogP contribution >= 0.6 is 0 Å². The number of sulfonamides is 1. The van der Waals surface area contributed by atoms with E-state index in [1.54, 1.807) is 19.1 Å². The number of hydrogen-bond donors (Lipinski definition) is 2. The molecule has 0 aliphatic carbocycles. The molecule has 94 valence electrons. The van der Waals surface area contributed by atoms with Crippen LogP contribution in [0.4, 0.5) is 11.6 Å². The van der Waals surface area contributed by atoms with Crippen LogP contribution in [0.15, 0.2) is 41.6 Å². The molecule has 0 saturated carbocycles. The Labute approximate surface area is 105 Å². The second kappa shape index (κ2) is 4.61. The zero-order valence-corrected chi connectivity index (χ0v) is 10.5. The summed E-state index contributed by atoms with van der Waals surface area (Å²) in [4.78, 5) is 7.78. The van der Waals surface area contributed by atoms with Crippen molar-refractivity contribution in [3.63, 3.8) is 0 Å². The highest BCUT2D eigenvalue weighted by Crippen LogP contribution is 2.17.